The van der Waals surface area contributed by atoms with E-state index in [9.17, 15) is 10.2 Å². The van der Waals surface area contributed by atoms with E-state index in [-0.39, 0.29) is 33.9 Å². The Hall–Kier alpha value is -1.88. The van der Waals surface area contributed by atoms with Crippen molar-refractivity contribution in [1.29, 1.82) is 0 Å². The summed E-state index contributed by atoms with van der Waals surface area (Å²) < 4.78 is 0. The van der Waals surface area contributed by atoms with Crippen LogP contribution in [0.4, 0.5) is 0 Å². The van der Waals surface area contributed by atoms with Gasteiger partial charge in [-0.05, 0) is 11.1 Å². The van der Waals surface area contributed by atoms with Crippen LogP contribution in [0.25, 0.3) is 0 Å². The summed E-state index contributed by atoms with van der Waals surface area (Å²) in [7, 11) is 0. The minimum Gasteiger partial charge on any atom is -0.872 e. The second-order valence-corrected chi connectivity index (χ2v) is 4.15. The van der Waals surface area contributed by atoms with Crippen LogP contribution in [-0.2, 0) is 22.4 Å². The zero-order chi connectivity index (χ0) is 14.2. The average molecular weight is 463 g/mol. The molecule has 0 N–H and O–H groups in total. The van der Waals surface area contributed by atoms with E-state index >= 15 is 0 Å². The van der Waals surface area contributed by atoms with E-state index in [0.717, 1.165) is 0 Å². The normalized spacial score (nSPS) is 10.9. The van der Waals surface area contributed by atoms with E-state index in [4.69, 9.17) is 0 Å². The summed E-state index contributed by atoms with van der Waals surface area (Å²) in [5.41, 5.74) is 1.14. The Labute approximate surface area is 139 Å². The first kappa shape index (κ1) is 17.2. The molecule has 0 saturated carbocycles. The van der Waals surface area contributed by atoms with Gasteiger partial charge < -0.3 is 10.2 Å². The zero-order valence-corrected chi connectivity index (χ0v) is 13.4. The molecule has 2 aromatic rings. The molecule has 0 spiro atoms. The van der Waals surface area contributed by atoms with Crippen molar-refractivity contribution in [1.82, 2.24) is 0 Å². The molecule has 0 radical (unpaired) electrons. The predicted molar refractivity (Wildman–Crippen MR) is 76.7 cm³/mol. The standard InChI is InChI=1S/C16H16N2O2.Au/c19-15-7-3-1-5-13(15)11-17-9-10-18-12-14-6-2-4-8-16(14)20;/h1-8,11-12,19-20H,9-10H2;/q;+3/p-2. The quantitative estimate of drug-likeness (QED) is 0.382. The van der Waals surface area contributed by atoms with Crippen molar-refractivity contribution < 1.29 is 32.6 Å². The Morgan fingerprint density at radius 1 is 0.714 bits per heavy atom. The van der Waals surface area contributed by atoms with Crippen molar-refractivity contribution in [3.8, 4) is 11.5 Å². The minimum atomic E-state index is -0.0416. The summed E-state index contributed by atoms with van der Waals surface area (Å²) >= 11 is 0. The van der Waals surface area contributed by atoms with E-state index in [1.165, 1.54) is 12.1 Å². The van der Waals surface area contributed by atoms with Crippen molar-refractivity contribution in [3.05, 3.63) is 59.7 Å². The first-order chi connectivity index (χ1) is 9.77. The zero-order valence-electron chi connectivity index (χ0n) is 11.2. The molecule has 0 atom stereocenters. The van der Waals surface area contributed by atoms with Gasteiger partial charge in [-0.25, -0.2) is 0 Å². The fourth-order valence-corrected chi connectivity index (χ4v) is 1.62. The van der Waals surface area contributed by atoms with Gasteiger partial charge in [-0.3, -0.25) is 9.98 Å². The summed E-state index contributed by atoms with van der Waals surface area (Å²) in [6.07, 6.45) is 3.11. The summed E-state index contributed by atoms with van der Waals surface area (Å²) in [6, 6.07) is 13.5. The molecule has 5 heteroatoms. The maximum Gasteiger partial charge on any atom is 3.00 e. The fraction of sp³-hybridized carbons (Fsp3) is 0.125. The SMILES string of the molecule is [Au+3].[O-]c1ccccc1C=NCCN=Cc1ccccc1[O-]. The number of benzene rings is 2. The molecule has 110 valence electrons. The van der Waals surface area contributed by atoms with Crippen molar-refractivity contribution in [2.75, 3.05) is 13.1 Å². The van der Waals surface area contributed by atoms with Gasteiger partial charge in [0.15, 0.2) is 0 Å². The van der Waals surface area contributed by atoms with Crippen LogP contribution in [-0.4, -0.2) is 25.5 Å². The van der Waals surface area contributed by atoms with Crippen LogP contribution in [0.3, 0.4) is 0 Å². The Morgan fingerprint density at radius 2 is 1.10 bits per heavy atom. The molecule has 0 amide bonds. The molecule has 4 nitrogen and oxygen atoms in total. The molecule has 0 aromatic heterocycles. The minimum absolute atomic E-state index is 0. The van der Waals surface area contributed by atoms with Crippen molar-refractivity contribution >= 4 is 12.4 Å². The summed E-state index contributed by atoms with van der Waals surface area (Å²) in [4.78, 5) is 8.28. The molecule has 0 fully saturated rings. The fourth-order valence-electron chi connectivity index (χ4n) is 1.62. The summed E-state index contributed by atoms with van der Waals surface area (Å²) in [5, 5.41) is 22.8. The molecule has 0 aliphatic carbocycles. The number of aliphatic imine (C=N–C) groups is 2. The van der Waals surface area contributed by atoms with Crippen LogP contribution < -0.4 is 10.2 Å². The first-order valence-corrected chi connectivity index (χ1v) is 6.29. The van der Waals surface area contributed by atoms with Gasteiger partial charge in [0.1, 0.15) is 0 Å². The smallest absolute Gasteiger partial charge is 0.872 e. The van der Waals surface area contributed by atoms with Crippen LogP contribution in [0, 0.1) is 0 Å². The molecule has 0 aliphatic rings. The van der Waals surface area contributed by atoms with Crippen LogP contribution in [0.1, 0.15) is 11.1 Å². The van der Waals surface area contributed by atoms with E-state index in [1.54, 1.807) is 48.8 Å². The molecule has 0 heterocycles. The van der Waals surface area contributed by atoms with Crippen molar-refractivity contribution in [2.45, 2.75) is 0 Å². The van der Waals surface area contributed by atoms with Crippen LogP contribution in [0.2, 0.25) is 0 Å². The molecule has 0 aliphatic heterocycles. The molecule has 21 heavy (non-hydrogen) atoms. The maximum atomic E-state index is 11.4. The molecule has 2 aromatic carbocycles. The third-order valence-electron chi connectivity index (χ3n) is 2.66. The topological polar surface area (TPSA) is 70.8 Å². The van der Waals surface area contributed by atoms with E-state index in [2.05, 4.69) is 9.98 Å². The Kier molecular flexibility index (Phi) is 7.47. The van der Waals surface area contributed by atoms with Gasteiger partial charge in [0.05, 0.1) is 13.1 Å². The van der Waals surface area contributed by atoms with Crippen molar-refractivity contribution in [3.63, 3.8) is 0 Å². The van der Waals surface area contributed by atoms with Gasteiger partial charge in [0.25, 0.3) is 0 Å². The monoisotopic (exact) mass is 463 g/mol. The molecular weight excluding hydrogens is 449 g/mol. The molecule has 0 bridgehead atoms. The summed E-state index contributed by atoms with van der Waals surface area (Å²) in [6.45, 7) is 0.956. The predicted octanol–water partition coefficient (Wildman–Crippen LogP) is 1.37. The van der Waals surface area contributed by atoms with Crippen LogP contribution in [0.15, 0.2) is 58.5 Å². The third kappa shape index (κ3) is 5.55. The second kappa shape index (κ2) is 9.13. The van der Waals surface area contributed by atoms with Gasteiger partial charge >= 0.3 is 22.4 Å². The number of hydrogen-bond donors (Lipinski definition) is 0. The average Bonchev–Trinajstić information content (AvgIpc) is 2.46. The Balaban J connectivity index is 0.00000220. The Morgan fingerprint density at radius 3 is 1.48 bits per heavy atom. The maximum absolute atomic E-state index is 11.4. The molecule has 0 saturated heterocycles. The number of nitrogens with zero attached hydrogens (tertiary/aromatic N) is 2. The van der Waals surface area contributed by atoms with Gasteiger partial charge in [0, 0.05) is 12.4 Å². The number of para-hydroxylation sites is 2. The second-order valence-electron chi connectivity index (χ2n) is 4.15. The van der Waals surface area contributed by atoms with Crippen LogP contribution in [0.5, 0.6) is 11.5 Å². The summed E-state index contributed by atoms with van der Waals surface area (Å²) in [5.74, 6) is -0.0833. The van der Waals surface area contributed by atoms with E-state index < -0.39 is 0 Å². The van der Waals surface area contributed by atoms with E-state index in [0.29, 0.717) is 24.2 Å². The molecular formula is C16H14AuN2O2+. The van der Waals surface area contributed by atoms with Gasteiger partial charge in [-0.15, -0.1) is 11.5 Å². The third-order valence-corrected chi connectivity index (χ3v) is 2.66. The molecule has 2 rings (SSSR count). The van der Waals surface area contributed by atoms with Gasteiger partial charge in [-0.1, -0.05) is 48.5 Å². The van der Waals surface area contributed by atoms with Crippen LogP contribution >= 0.6 is 0 Å². The van der Waals surface area contributed by atoms with E-state index in [1.807, 2.05) is 0 Å². The first-order valence-electron chi connectivity index (χ1n) is 6.29. The van der Waals surface area contributed by atoms with Crippen molar-refractivity contribution in [2.24, 2.45) is 9.98 Å². The largest absolute Gasteiger partial charge is 3.00 e. The molecule has 0 unspecified atom stereocenters. The van der Waals surface area contributed by atoms with Gasteiger partial charge in [-0.2, -0.15) is 0 Å². The Bertz CT molecular complexity index is 572. The number of hydrogen-bond acceptors (Lipinski definition) is 4. The van der Waals surface area contributed by atoms with Gasteiger partial charge in [0.2, 0.25) is 0 Å². The number of rotatable bonds is 5.